The van der Waals surface area contributed by atoms with Crippen molar-refractivity contribution < 1.29 is 14.7 Å². The van der Waals surface area contributed by atoms with E-state index in [0.717, 1.165) is 4.47 Å². The van der Waals surface area contributed by atoms with Crippen molar-refractivity contribution in [2.45, 2.75) is 13.3 Å². The fraction of sp³-hybridized carbons (Fsp3) is 0.333. The maximum absolute atomic E-state index is 12.0. The lowest BCUT2D eigenvalue weighted by Crippen LogP contribution is -2.36. The lowest BCUT2D eigenvalue weighted by Gasteiger charge is -2.21. The number of aliphatic carboxylic acids is 1. The standard InChI is InChI=1S/C12H14BrNO3/c1-3-10(12(16)17)11(15)14(2)9-6-4-5-8(13)7-9/h4-7,10H,3H2,1-2H3,(H,16,17). The zero-order valence-corrected chi connectivity index (χ0v) is 11.3. The molecular formula is C12H14BrNO3. The molecule has 0 aliphatic heterocycles. The second-order valence-corrected chi connectivity index (χ2v) is 4.59. The minimum atomic E-state index is -1.08. The summed E-state index contributed by atoms with van der Waals surface area (Å²) in [5.74, 6) is -2.48. The first-order chi connectivity index (χ1) is 7.97. The predicted molar refractivity (Wildman–Crippen MR) is 69.0 cm³/mol. The van der Waals surface area contributed by atoms with Crippen LogP contribution in [0.5, 0.6) is 0 Å². The van der Waals surface area contributed by atoms with E-state index in [4.69, 9.17) is 5.11 Å². The number of anilines is 1. The molecule has 0 aliphatic carbocycles. The molecular weight excluding hydrogens is 286 g/mol. The Hall–Kier alpha value is -1.36. The maximum Gasteiger partial charge on any atom is 0.316 e. The molecule has 1 aromatic rings. The van der Waals surface area contributed by atoms with Gasteiger partial charge in [-0.05, 0) is 24.6 Å². The van der Waals surface area contributed by atoms with Gasteiger partial charge in [-0.25, -0.2) is 0 Å². The van der Waals surface area contributed by atoms with Crippen LogP contribution in [-0.4, -0.2) is 24.0 Å². The molecule has 0 bridgehead atoms. The molecule has 1 N–H and O–H groups in total. The van der Waals surface area contributed by atoms with Gasteiger partial charge in [0.1, 0.15) is 5.92 Å². The summed E-state index contributed by atoms with van der Waals surface area (Å²) in [4.78, 5) is 24.2. The van der Waals surface area contributed by atoms with Crippen LogP contribution in [-0.2, 0) is 9.59 Å². The van der Waals surface area contributed by atoms with Crippen LogP contribution in [0.1, 0.15) is 13.3 Å². The van der Waals surface area contributed by atoms with Gasteiger partial charge in [-0.15, -0.1) is 0 Å². The van der Waals surface area contributed by atoms with Crippen molar-refractivity contribution in [1.82, 2.24) is 0 Å². The molecule has 1 amide bonds. The van der Waals surface area contributed by atoms with Gasteiger partial charge in [0.05, 0.1) is 0 Å². The van der Waals surface area contributed by atoms with Crippen molar-refractivity contribution in [2.24, 2.45) is 5.92 Å². The highest BCUT2D eigenvalue weighted by Gasteiger charge is 2.27. The zero-order chi connectivity index (χ0) is 13.0. The molecule has 0 saturated carbocycles. The predicted octanol–water partition coefficient (Wildman–Crippen LogP) is 2.52. The van der Waals surface area contributed by atoms with Gasteiger partial charge in [0, 0.05) is 17.2 Å². The van der Waals surface area contributed by atoms with Gasteiger partial charge >= 0.3 is 5.97 Å². The summed E-state index contributed by atoms with van der Waals surface area (Å²) in [7, 11) is 1.58. The molecule has 1 unspecified atom stereocenters. The number of hydrogen-bond acceptors (Lipinski definition) is 2. The Balaban J connectivity index is 2.93. The zero-order valence-electron chi connectivity index (χ0n) is 9.68. The van der Waals surface area contributed by atoms with Crippen LogP contribution in [0.15, 0.2) is 28.7 Å². The van der Waals surface area contributed by atoms with Crippen molar-refractivity contribution in [1.29, 1.82) is 0 Å². The molecule has 1 aromatic carbocycles. The van der Waals surface area contributed by atoms with Gasteiger partial charge in [0.2, 0.25) is 5.91 Å². The lowest BCUT2D eigenvalue weighted by molar-refractivity contribution is -0.146. The Morgan fingerprint density at radius 2 is 2.12 bits per heavy atom. The average Bonchev–Trinajstić information content (AvgIpc) is 2.28. The molecule has 0 spiro atoms. The summed E-state index contributed by atoms with van der Waals surface area (Å²) in [6.45, 7) is 1.69. The number of hydrogen-bond donors (Lipinski definition) is 1. The molecule has 1 atom stereocenters. The van der Waals surface area contributed by atoms with Crippen molar-refractivity contribution in [2.75, 3.05) is 11.9 Å². The van der Waals surface area contributed by atoms with Crippen LogP contribution in [0.2, 0.25) is 0 Å². The van der Waals surface area contributed by atoms with Crippen molar-refractivity contribution >= 4 is 33.5 Å². The largest absolute Gasteiger partial charge is 0.481 e. The van der Waals surface area contributed by atoms with Crippen LogP contribution in [0.25, 0.3) is 0 Å². The second kappa shape index (κ2) is 5.82. The van der Waals surface area contributed by atoms with E-state index in [2.05, 4.69) is 15.9 Å². The van der Waals surface area contributed by atoms with Gasteiger partial charge in [0.15, 0.2) is 0 Å². The number of carbonyl (C=O) groups excluding carboxylic acids is 1. The number of halogens is 1. The second-order valence-electron chi connectivity index (χ2n) is 3.68. The number of carboxylic acid groups (broad SMARTS) is 1. The van der Waals surface area contributed by atoms with Crippen LogP contribution in [0.4, 0.5) is 5.69 Å². The molecule has 1 rings (SSSR count). The molecule has 0 radical (unpaired) electrons. The van der Waals surface area contributed by atoms with Crippen molar-refractivity contribution in [3.8, 4) is 0 Å². The number of nitrogens with zero attached hydrogens (tertiary/aromatic N) is 1. The Bertz CT molecular complexity index is 434. The molecule has 0 fully saturated rings. The number of carbonyl (C=O) groups is 2. The monoisotopic (exact) mass is 299 g/mol. The van der Waals surface area contributed by atoms with Crippen LogP contribution in [0.3, 0.4) is 0 Å². The molecule has 0 aromatic heterocycles. The molecule has 17 heavy (non-hydrogen) atoms. The lowest BCUT2D eigenvalue weighted by atomic mass is 10.1. The molecule has 0 aliphatic rings. The van der Waals surface area contributed by atoms with Crippen LogP contribution in [0, 0.1) is 5.92 Å². The van der Waals surface area contributed by atoms with Crippen molar-refractivity contribution in [3.05, 3.63) is 28.7 Å². The highest BCUT2D eigenvalue weighted by atomic mass is 79.9. The summed E-state index contributed by atoms with van der Waals surface area (Å²) >= 11 is 3.31. The van der Waals surface area contributed by atoms with E-state index in [1.807, 2.05) is 6.07 Å². The van der Waals surface area contributed by atoms with E-state index in [0.29, 0.717) is 5.69 Å². The summed E-state index contributed by atoms with van der Waals surface area (Å²) in [5, 5.41) is 8.94. The number of amides is 1. The van der Waals surface area contributed by atoms with E-state index >= 15 is 0 Å². The highest BCUT2D eigenvalue weighted by Crippen LogP contribution is 2.21. The first-order valence-corrected chi connectivity index (χ1v) is 6.02. The van der Waals surface area contributed by atoms with Gasteiger partial charge in [-0.1, -0.05) is 28.9 Å². The molecule has 92 valence electrons. The Morgan fingerprint density at radius 1 is 1.47 bits per heavy atom. The molecule has 4 nitrogen and oxygen atoms in total. The fourth-order valence-corrected chi connectivity index (χ4v) is 1.89. The third-order valence-corrected chi connectivity index (χ3v) is 3.02. The van der Waals surface area contributed by atoms with E-state index < -0.39 is 17.8 Å². The van der Waals surface area contributed by atoms with E-state index in [9.17, 15) is 9.59 Å². The molecule has 0 heterocycles. The van der Waals surface area contributed by atoms with Gasteiger partial charge in [0.25, 0.3) is 0 Å². The number of benzene rings is 1. The summed E-state index contributed by atoms with van der Waals surface area (Å²) in [5.41, 5.74) is 0.670. The molecule has 0 saturated heterocycles. The quantitative estimate of drug-likeness (QED) is 0.869. The smallest absolute Gasteiger partial charge is 0.316 e. The van der Waals surface area contributed by atoms with Crippen LogP contribution >= 0.6 is 15.9 Å². The normalized spacial score (nSPS) is 11.9. The minimum Gasteiger partial charge on any atom is -0.481 e. The highest BCUT2D eigenvalue weighted by molar-refractivity contribution is 9.10. The SMILES string of the molecule is CCC(C(=O)O)C(=O)N(C)c1cccc(Br)c1. The van der Waals surface area contributed by atoms with Gasteiger partial charge < -0.3 is 10.0 Å². The summed E-state index contributed by atoms with van der Waals surface area (Å²) in [6, 6.07) is 7.17. The third kappa shape index (κ3) is 3.30. The Labute approximate surface area is 108 Å². The summed E-state index contributed by atoms with van der Waals surface area (Å²) < 4.78 is 0.845. The first kappa shape index (κ1) is 13.7. The topological polar surface area (TPSA) is 57.6 Å². The van der Waals surface area contributed by atoms with Gasteiger partial charge in [-0.2, -0.15) is 0 Å². The average molecular weight is 300 g/mol. The van der Waals surface area contributed by atoms with E-state index in [-0.39, 0.29) is 6.42 Å². The van der Waals surface area contributed by atoms with E-state index in [1.54, 1.807) is 32.2 Å². The Morgan fingerprint density at radius 3 is 2.59 bits per heavy atom. The fourth-order valence-electron chi connectivity index (χ4n) is 1.50. The van der Waals surface area contributed by atoms with E-state index in [1.165, 1.54) is 4.90 Å². The third-order valence-electron chi connectivity index (χ3n) is 2.53. The number of carboxylic acids is 1. The summed E-state index contributed by atoms with van der Waals surface area (Å²) in [6.07, 6.45) is 0.284. The molecule has 5 heteroatoms. The minimum absolute atomic E-state index is 0.284. The Kier molecular flexibility index (Phi) is 4.69. The first-order valence-electron chi connectivity index (χ1n) is 5.23. The maximum atomic E-state index is 12.0. The van der Waals surface area contributed by atoms with Crippen molar-refractivity contribution in [3.63, 3.8) is 0 Å². The number of rotatable bonds is 4. The van der Waals surface area contributed by atoms with Crippen LogP contribution < -0.4 is 4.90 Å². The van der Waals surface area contributed by atoms with Gasteiger partial charge in [-0.3, -0.25) is 9.59 Å².